The molecule has 0 aliphatic carbocycles. The molecule has 2 saturated heterocycles. The molecule has 0 radical (unpaired) electrons. The number of amides is 2. The van der Waals surface area contributed by atoms with E-state index in [2.05, 4.69) is 20.4 Å². The maximum Gasteiger partial charge on any atom is 0.274 e. The summed E-state index contributed by atoms with van der Waals surface area (Å²) < 4.78 is 0. The van der Waals surface area contributed by atoms with Crippen molar-refractivity contribution in [1.29, 1.82) is 0 Å². The Morgan fingerprint density at radius 1 is 1.30 bits per heavy atom. The third-order valence-electron chi connectivity index (χ3n) is 5.43. The summed E-state index contributed by atoms with van der Waals surface area (Å²) >= 11 is 0. The number of H-pyrrole nitrogens is 1. The minimum absolute atomic E-state index is 0.0350. The van der Waals surface area contributed by atoms with Crippen LogP contribution in [0.3, 0.4) is 0 Å². The Bertz CT molecular complexity index is 616. The van der Waals surface area contributed by atoms with Crippen LogP contribution in [0.15, 0.2) is 0 Å². The summed E-state index contributed by atoms with van der Waals surface area (Å²) in [6.45, 7) is 6.71. The first-order chi connectivity index (χ1) is 11.0. The number of nitrogens with one attached hydrogen (secondary N) is 2. The molecule has 0 saturated carbocycles. The van der Waals surface area contributed by atoms with E-state index in [0.29, 0.717) is 38.2 Å². The summed E-state index contributed by atoms with van der Waals surface area (Å²) in [7, 11) is 2.00. The number of aromatic nitrogens is 2. The van der Waals surface area contributed by atoms with Crippen LogP contribution in [0.25, 0.3) is 0 Å². The summed E-state index contributed by atoms with van der Waals surface area (Å²) in [6, 6.07) is 0. The van der Waals surface area contributed by atoms with Gasteiger partial charge in [-0.2, -0.15) is 5.10 Å². The molecule has 3 rings (SSSR count). The van der Waals surface area contributed by atoms with Crippen molar-refractivity contribution in [2.75, 3.05) is 33.2 Å². The Morgan fingerprint density at radius 2 is 2.00 bits per heavy atom. The van der Waals surface area contributed by atoms with Gasteiger partial charge in [0.2, 0.25) is 5.91 Å². The normalized spacial score (nSPS) is 21.5. The Morgan fingerprint density at radius 3 is 2.57 bits per heavy atom. The van der Waals surface area contributed by atoms with Crippen LogP contribution in [0.2, 0.25) is 0 Å². The number of likely N-dealkylation sites (tertiary alicyclic amines) is 1. The molecule has 7 heteroatoms. The van der Waals surface area contributed by atoms with Crippen molar-refractivity contribution < 1.29 is 9.59 Å². The van der Waals surface area contributed by atoms with Crippen molar-refractivity contribution in [1.82, 2.24) is 25.3 Å². The van der Waals surface area contributed by atoms with Gasteiger partial charge in [-0.25, -0.2) is 0 Å². The van der Waals surface area contributed by atoms with E-state index in [1.54, 1.807) is 0 Å². The molecular formula is C16H25N5O2. The zero-order valence-corrected chi connectivity index (χ0v) is 14.1. The van der Waals surface area contributed by atoms with Crippen LogP contribution in [0.1, 0.15) is 41.5 Å². The highest BCUT2D eigenvalue weighted by Gasteiger charge is 2.47. The number of aromatic amines is 1. The van der Waals surface area contributed by atoms with Crippen LogP contribution in [0, 0.1) is 6.92 Å². The molecule has 1 aromatic heterocycles. The second kappa shape index (κ2) is 5.96. The van der Waals surface area contributed by atoms with E-state index in [1.807, 2.05) is 25.8 Å². The fourth-order valence-electron chi connectivity index (χ4n) is 3.71. The van der Waals surface area contributed by atoms with Gasteiger partial charge in [0.1, 0.15) is 5.54 Å². The molecule has 0 bridgehead atoms. The molecule has 23 heavy (non-hydrogen) atoms. The van der Waals surface area contributed by atoms with Gasteiger partial charge >= 0.3 is 0 Å². The van der Waals surface area contributed by atoms with Gasteiger partial charge in [0, 0.05) is 37.4 Å². The number of nitrogens with zero attached hydrogens (tertiary/aromatic N) is 3. The number of aryl methyl sites for hydroxylation is 1. The van der Waals surface area contributed by atoms with Gasteiger partial charge in [-0.05, 0) is 33.2 Å². The Kier molecular flexibility index (Phi) is 4.14. The van der Waals surface area contributed by atoms with Crippen LogP contribution in [-0.4, -0.2) is 70.6 Å². The van der Waals surface area contributed by atoms with Crippen LogP contribution in [-0.2, 0) is 11.2 Å². The van der Waals surface area contributed by atoms with Gasteiger partial charge in [-0.1, -0.05) is 6.92 Å². The molecule has 3 heterocycles. The Labute approximate surface area is 136 Å². The van der Waals surface area contributed by atoms with Gasteiger partial charge in [0.05, 0.1) is 0 Å². The number of carbonyl (C=O) groups is 2. The molecule has 2 amide bonds. The molecule has 7 nitrogen and oxygen atoms in total. The molecule has 1 spiro atoms. The third kappa shape index (κ3) is 2.52. The average molecular weight is 319 g/mol. The minimum Gasteiger partial charge on any atom is -0.353 e. The maximum absolute atomic E-state index is 12.7. The lowest BCUT2D eigenvalue weighted by Gasteiger charge is -2.48. The quantitative estimate of drug-likeness (QED) is 0.822. The van der Waals surface area contributed by atoms with Crippen molar-refractivity contribution in [3.8, 4) is 0 Å². The summed E-state index contributed by atoms with van der Waals surface area (Å²) in [5.41, 5.74) is 2.00. The van der Waals surface area contributed by atoms with Gasteiger partial charge < -0.3 is 10.2 Å². The predicted octanol–water partition coefficient (Wildman–Crippen LogP) is 0.317. The largest absolute Gasteiger partial charge is 0.353 e. The third-order valence-corrected chi connectivity index (χ3v) is 5.43. The summed E-state index contributed by atoms with van der Waals surface area (Å²) in [5, 5.41) is 10.1. The lowest BCUT2D eigenvalue weighted by molar-refractivity contribution is -0.139. The van der Waals surface area contributed by atoms with Crippen molar-refractivity contribution in [2.45, 2.75) is 38.6 Å². The van der Waals surface area contributed by atoms with Crippen molar-refractivity contribution in [2.24, 2.45) is 0 Å². The first-order valence-corrected chi connectivity index (χ1v) is 8.32. The summed E-state index contributed by atoms with van der Waals surface area (Å²) in [5.74, 6) is 0.0646. The fraction of sp³-hybridized carbons (Fsp3) is 0.688. The minimum atomic E-state index is -0.454. The highest BCUT2D eigenvalue weighted by molar-refractivity contribution is 5.94. The van der Waals surface area contributed by atoms with E-state index < -0.39 is 5.54 Å². The van der Waals surface area contributed by atoms with Crippen molar-refractivity contribution in [3.05, 3.63) is 17.0 Å². The molecular weight excluding hydrogens is 294 g/mol. The molecule has 2 aliphatic rings. The highest BCUT2D eigenvalue weighted by atomic mass is 16.2. The van der Waals surface area contributed by atoms with Crippen LogP contribution < -0.4 is 5.32 Å². The molecule has 0 atom stereocenters. The van der Waals surface area contributed by atoms with E-state index in [-0.39, 0.29) is 11.8 Å². The van der Waals surface area contributed by atoms with Gasteiger partial charge in [0.25, 0.3) is 5.91 Å². The molecule has 2 aliphatic heterocycles. The number of carbonyl (C=O) groups excluding carboxylic acids is 2. The van der Waals surface area contributed by atoms with E-state index in [9.17, 15) is 9.59 Å². The second-order valence-corrected chi connectivity index (χ2v) is 6.53. The maximum atomic E-state index is 12.7. The number of piperidine rings is 1. The molecule has 0 unspecified atom stereocenters. The molecule has 126 valence electrons. The molecule has 0 aromatic carbocycles. The fourth-order valence-corrected chi connectivity index (χ4v) is 3.71. The summed E-state index contributed by atoms with van der Waals surface area (Å²) in [4.78, 5) is 29.0. The topological polar surface area (TPSA) is 81.3 Å². The number of likely N-dealkylation sites (N-methyl/N-ethyl adjacent to an activating group) is 1. The first kappa shape index (κ1) is 16.0. The monoisotopic (exact) mass is 319 g/mol. The number of hydrogen-bond acceptors (Lipinski definition) is 4. The Balaban J connectivity index is 1.72. The van der Waals surface area contributed by atoms with Crippen LogP contribution >= 0.6 is 0 Å². The summed E-state index contributed by atoms with van der Waals surface area (Å²) in [6.07, 6.45) is 2.18. The number of piperazine rings is 1. The standard InChI is InChI=1S/C16H25N5O2/c1-4-12-11(2)13(19-18-12)14(22)21-8-5-16(6-9-21)15(23)17-7-10-20(16)3/h4-10H2,1-3H3,(H,17,23)(H,18,19). The lowest BCUT2D eigenvalue weighted by Crippen LogP contribution is -2.67. The average Bonchev–Trinajstić information content (AvgIpc) is 2.93. The van der Waals surface area contributed by atoms with Gasteiger partial charge in [-0.15, -0.1) is 0 Å². The van der Waals surface area contributed by atoms with Crippen molar-refractivity contribution >= 4 is 11.8 Å². The van der Waals surface area contributed by atoms with E-state index in [1.165, 1.54) is 0 Å². The highest BCUT2D eigenvalue weighted by Crippen LogP contribution is 2.30. The lowest BCUT2D eigenvalue weighted by atomic mass is 9.83. The van der Waals surface area contributed by atoms with Gasteiger partial charge in [-0.3, -0.25) is 19.6 Å². The zero-order chi connectivity index (χ0) is 16.6. The molecule has 2 N–H and O–H groups in total. The van der Waals surface area contributed by atoms with E-state index in [0.717, 1.165) is 24.2 Å². The number of rotatable bonds is 2. The predicted molar refractivity (Wildman–Crippen MR) is 86.2 cm³/mol. The SMILES string of the molecule is CCc1[nH]nc(C(=O)N2CCC3(CC2)C(=O)NCCN3C)c1C. The van der Waals surface area contributed by atoms with E-state index in [4.69, 9.17) is 0 Å². The zero-order valence-electron chi connectivity index (χ0n) is 14.1. The van der Waals surface area contributed by atoms with Crippen LogP contribution in [0.4, 0.5) is 0 Å². The van der Waals surface area contributed by atoms with Crippen molar-refractivity contribution in [3.63, 3.8) is 0 Å². The van der Waals surface area contributed by atoms with Crippen LogP contribution in [0.5, 0.6) is 0 Å². The molecule has 1 aromatic rings. The smallest absolute Gasteiger partial charge is 0.274 e. The molecule has 2 fully saturated rings. The Hall–Kier alpha value is -1.89. The second-order valence-electron chi connectivity index (χ2n) is 6.53. The first-order valence-electron chi connectivity index (χ1n) is 8.32. The van der Waals surface area contributed by atoms with Gasteiger partial charge in [0.15, 0.2) is 5.69 Å². The van der Waals surface area contributed by atoms with E-state index >= 15 is 0 Å². The number of hydrogen-bond donors (Lipinski definition) is 2.